The molecule has 2 atom stereocenters. The van der Waals surface area contributed by atoms with E-state index in [0.29, 0.717) is 12.0 Å². The van der Waals surface area contributed by atoms with Crippen molar-refractivity contribution in [2.45, 2.75) is 44.6 Å². The average Bonchev–Trinajstić information content (AvgIpc) is 3.54. The third kappa shape index (κ3) is 4.75. The summed E-state index contributed by atoms with van der Waals surface area (Å²) in [5.41, 5.74) is 13.7. The van der Waals surface area contributed by atoms with E-state index in [1.165, 1.54) is 106 Å². The minimum atomic E-state index is 0.308. The summed E-state index contributed by atoms with van der Waals surface area (Å²) in [5.74, 6) is 0.487. The second-order valence-electron chi connectivity index (χ2n) is 16.2. The lowest BCUT2D eigenvalue weighted by Gasteiger charge is -2.39. The first kappa shape index (κ1) is 31.9. The van der Waals surface area contributed by atoms with Gasteiger partial charge in [0.15, 0.2) is 0 Å². The van der Waals surface area contributed by atoms with Crippen molar-refractivity contribution in [2.75, 3.05) is 9.80 Å². The Labute approximate surface area is 328 Å². The predicted molar refractivity (Wildman–Crippen MR) is 238 cm³/mol. The standard InChI is InChI=1S/C54H42N2/c1-9-21-49-35(13-1)25-26-36-14-2-10-22-50(36)55(49)39-29-31-43-41-17-5-8-20-46(41)54-48-34-40(30-32-44(48)42-18-6-7-19-45(42)53(54)47(43)33-39)56-51-23-11-3-15-37(51)27-28-38-16-4-12-24-52(38)56/h1-24,29,31,33-34,37,51H,25-28,30,32H2. The molecule has 0 radical (unpaired) electrons. The summed E-state index contributed by atoms with van der Waals surface area (Å²) >= 11 is 0. The first-order valence-corrected chi connectivity index (χ1v) is 20.5. The van der Waals surface area contributed by atoms with Gasteiger partial charge in [0.2, 0.25) is 0 Å². The van der Waals surface area contributed by atoms with Crippen LogP contribution in [-0.4, -0.2) is 6.04 Å². The van der Waals surface area contributed by atoms with Gasteiger partial charge in [0, 0.05) is 34.4 Å². The minimum Gasteiger partial charge on any atom is -0.337 e. The molecule has 0 N–H and O–H groups in total. The van der Waals surface area contributed by atoms with Crippen molar-refractivity contribution in [3.8, 4) is 0 Å². The van der Waals surface area contributed by atoms with Crippen LogP contribution in [0.25, 0.3) is 49.2 Å². The third-order valence-electron chi connectivity index (χ3n) is 13.3. The van der Waals surface area contributed by atoms with Gasteiger partial charge in [0.1, 0.15) is 0 Å². The van der Waals surface area contributed by atoms with Crippen molar-refractivity contribution in [1.29, 1.82) is 0 Å². The number of hydrogen-bond acceptors (Lipinski definition) is 2. The fourth-order valence-electron chi connectivity index (χ4n) is 10.8. The fourth-order valence-corrected chi connectivity index (χ4v) is 10.8. The van der Waals surface area contributed by atoms with Crippen molar-refractivity contribution >= 4 is 71.9 Å². The number of fused-ring (bicyclic) bond motifs is 15. The number of benzene rings is 8. The average molecular weight is 719 g/mol. The van der Waals surface area contributed by atoms with Crippen molar-refractivity contribution in [2.24, 2.45) is 5.92 Å². The summed E-state index contributed by atoms with van der Waals surface area (Å²) in [6.45, 7) is 0. The first-order valence-electron chi connectivity index (χ1n) is 20.5. The molecule has 0 saturated heterocycles. The van der Waals surface area contributed by atoms with Crippen LogP contribution in [0.1, 0.15) is 40.7 Å². The van der Waals surface area contributed by atoms with Gasteiger partial charge in [0.05, 0.1) is 6.04 Å². The van der Waals surface area contributed by atoms with E-state index in [-0.39, 0.29) is 0 Å². The number of rotatable bonds is 2. The Morgan fingerprint density at radius 1 is 0.446 bits per heavy atom. The van der Waals surface area contributed by atoms with Crippen LogP contribution in [0.5, 0.6) is 0 Å². The van der Waals surface area contributed by atoms with Crippen molar-refractivity contribution in [1.82, 2.24) is 0 Å². The zero-order valence-corrected chi connectivity index (χ0v) is 31.5. The fraction of sp³-hybridized carbons (Fsp3) is 0.148. The number of hydrogen-bond donors (Lipinski definition) is 0. The smallest absolute Gasteiger partial charge is 0.0585 e. The van der Waals surface area contributed by atoms with Gasteiger partial charge in [0.25, 0.3) is 0 Å². The van der Waals surface area contributed by atoms with Gasteiger partial charge in [-0.25, -0.2) is 0 Å². The van der Waals surface area contributed by atoms with Crippen LogP contribution in [-0.2, 0) is 25.7 Å². The molecule has 0 saturated carbocycles. The molecular weight excluding hydrogens is 677 g/mol. The highest BCUT2D eigenvalue weighted by atomic mass is 15.2. The molecule has 2 unspecified atom stereocenters. The van der Waals surface area contributed by atoms with Crippen LogP contribution in [0.3, 0.4) is 0 Å². The maximum atomic E-state index is 2.71. The molecular formula is C54H42N2. The summed E-state index contributed by atoms with van der Waals surface area (Å²) in [6.07, 6.45) is 18.4. The van der Waals surface area contributed by atoms with Crippen LogP contribution in [0, 0.1) is 5.92 Å². The molecule has 2 nitrogen and oxygen atoms in total. The monoisotopic (exact) mass is 718 g/mol. The molecule has 0 fully saturated rings. The van der Waals surface area contributed by atoms with Crippen LogP contribution in [0.15, 0.2) is 170 Å². The summed E-state index contributed by atoms with van der Waals surface area (Å²) in [4.78, 5) is 5.24. The summed E-state index contributed by atoms with van der Waals surface area (Å²) in [5, 5.41) is 10.7. The van der Waals surface area contributed by atoms with Gasteiger partial charge in [-0.15, -0.1) is 0 Å². The number of anilines is 4. The third-order valence-corrected chi connectivity index (χ3v) is 13.3. The SMILES string of the molecule is C1=CC2CCc3ccccc3N(C3=Cc4c(c5ccccc5c5c6cc(N7c8ccccc8CCc8ccccc87)ccc6c6ccccc6c45)CC3)C2C=C1. The highest BCUT2D eigenvalue weighted by Gasteiger charge is 2.34. The molecule has 2 heterocycles. The molecule has 0 spiro atoms. The Hall–Kier alpha value is -6.38. The first-order chi connectivity index (χ1) is 27.8. The number of nitrogens with zero attached hydrogens (tertiary/aromatic N) is 2. The van der Waals surface area contributed by atoms with Gasteiger partial charge in [-0.1, -0.05) is 133 Å². The predicted octanol–water partition coefficient (Wildman–Crippen LogP) is 13.7. The molecule has 56 heavy (non-hydrogen) atoms. The van der Waals surface area contributed by atoms with Crippen molar-refractivity contribution in [3.63, 3.8) is 0 Å². The van der Waals surface area contributed by atoms with Crippen LogP contribution in [0.4, 0.5) is 22.7 Å². The molecule has 0 amide bonds. The van der Waals surface area contributed by atoms with Gasteiger partial charge >= 0.3 is 0 Å². The van der Waals surface area contributed by atoms with E-state index in [1.807, 2.05) is 0 Å². The summed E-state index contributed by atoms with van der Waals surface area (Å²) in [7, 11) is 0. The van der Waals surface area contributed by atoms with E-state index in [9.17, 15) is 0 Å². The topological polar surface area (TPSA) is 6.48 Å². The van der Waals surface area contributed by atoms with Crippen LogP contribution < -0.4 is 9.80 Å². The number of aryl methyl sites for hydroxylation is 4. The zero-order chi connectivity index (χ0) is 36.7. The van der Waals surface area contributed by atoms with Crippen LogP contribution in [0.2, 0.25) is 0 Å². The van der Waals surface area contributed by atoms with Gasteiger partial charge < -0.3 is 9.80 Å². The quantitative estimate of drug-likeness (QED) is 0.164. The van der Waals surface area contributed by atoms with E-state index in [0.717, 1.165) is 32.1 Å². The molecule has 0 bridgehead atoms. The summed E-state index contributed by atoms with van der Waals surface area (Å²) in [6, 6.07) is 53.1. The number of para-hydroxylation sites is 3. The lowest BCUT2D eigenvalue weighted by molar-refractivity contribution is 0.522. The second kappa shape index (κ2) is 12.6. The molecule has 4 aliphatic rings. The maximum absolute atomic E-state index is 2.71. The number of allylic oxidation sites excluding steroid dienone is 3. The maximum Gasteiger partial charge on any atom is 0.0585 e. The normalized spacial score (nSPS) is 18.5. The van der Waals surface area contributed by atoms with E-state index in [1.54, 1.807) is 0 Å². The van der Waals surface area contributed by atoms with Gasteiger partial charge in [-0.3, -0.25) is 0 Å². The molecule has 0 aromatic heterocycles. The Bertz CT molecular complexity index is 2970. The van der Waals surface area contributed by atoms with E-state index in [2.05, 4.69) is 180 Å². The molecule has 2 heteroatoms. The van der Waals surface area contributed by atoms with E-state index in [4.69, 9.17) is 0 Å². The molecule has 8 aromatic rings. The minimum absolute atomic E-state index is 0.308. The molecule has 2 aliphatic carbocycles. The summed E-state index contributed by atoms with van der Waals surface area (Å²) < 4.78 is 0. The van der Waals surface area contributed by atoms with Gasteiger partial charge in [-0.2, -0.15) is 0 Å². The highest BCUT2D eigenvalue weighted by Crippen LogP contribution is 2.49. The van der Waals surface area contributed by atoms with Crippen molar-refractivity contribution < 1.29 is 0 Å². The van der Waals surface area contributed by atoms with Crippen LogP contribution >= 0.6 is 0 Å². The van der Waals surface area contributed by atoms with Crippen molar-refractivity contribution in [3.05, 3.63) is 197 Å². The molecule has 8 aromatic carbocycles. The molecule has 268 valence electrons. The lowest BCUT2D eigenvalue weighted by atomic mass is 9.81. The largest absolute Gasteiger partial charge is 0.337 e. The Kier molecular flexibility index (Phi) is 7.17. The Balaban J connectivity index is 1.17. The second-order valence-corrected chi connectivity index (χ2v) is 16.2. The van der Waals surface area contributed by atoms with Gasteiger partial charge in [-0.05, 0) is 146 Å². The zero-order valence-electron chi connectivity index (χ0n) is 31.5. The molecule has 2 aliphatic heterocycles. The van der Waals surface area contributed by atoms with E-state index >= 15 is 0 Å². The highest BCUT2D eigenvalue weighted by molar-refractivity contribution is 6.34. The molecule has 12 rings (SSSR count). The Morgan fingerprint density at radius 3 is 1.79 bits per heavy atom. The van der Waals surface area contributed by atoms with E-state index < -0.39 is 0 Å². The Morgan fingerprint density at radius 2 is 1.04 bits per heavy atom. The lowest BCUT2D eigenvalue weighted by Crippen LogP contribution is -2.39.